The number of carbonyl (C=O) groups is 1. The SMILES string of the molecule is O=C(CNc1ccc(N2CCCCC2)cc1)N1CCC2(CC1)OCCO2. The second-order valence-electron chi connectivity index (χ2n) is 7.44. The van der Waals surface area contributed by atoms with Crippen LogP contribution in [0.2, 0.25) is 0 Å². The number of nitrogens with one attached hydrogen (secondary N) is 1. The van der Waals surface area contributed by atoms with Crippen LogP contribution in [-0.4, -0.2) is 62.5 Å². The van der Waals surface area contributed by atoms with Crippen LogP contribution in [0.4, 0.5) is 11.4 Å². The molecule has 1 amide bonds. The molecule has 1 spiro atoms. The Morgan fingerprint density at radius 3 is 2.27 bits per heavy atom. The summed E-state index contributed by atoms with van der Waals surface area (Å²) in [5, 5.41) is 3.26. The monoisotopic (exact) mass is 359 g/mol. The first kappa shape index (κ1) is 17.6. The van der Waals surface area contributed by atoms with Crippen LogP contribution < -0.4 is 10.2 Å². The van der Waals surface area contributed by atoms with Crippen molar-refractivity contribution in [1.29, 1.82) is 0 Å². The Morgan fingerprint density at radius 1 is 0.962 bits per heavy atom. The Morgan fingerprint density at radius 2 is 1.62 bits per heavy atom. The molecule has 3 aliphatic heterocycles. The van der Waals surface area contributed by atoms with Crippen molar-refractivity contribution in [2.75, 3.05) is 56.2 Å². The van der Waals surface area contributed by atoms with E-state index in [-0.39, 0.29) is 5.91 Å². The van der Waals surface area contributed by atoms with Gasteiger partial charge in [0.05, 0.1) is 19.8 Å². The highest BCUT2D eigenvalue weighted by atomic mass is 16.7. The highest BCUT2D eigenvalue weighted by Gasteiger charge is 2.40. The summed E-state index contributed by atoms with van der Waals surface area (Å²) in [5.74, 6) is -0.285. The van der Waals surface area contributed by atoms with E-state index >= 15 is 0 Å². The van der Waals surface area contributed by atoms with Gasteiger partial charge in [0.2, 0.25) is 5.91 Å². The van der Waals surface area contributed by atoms with Gasteiger partial charge >= 0.3 is 0 Å². The van der Waals surface area contributed by atoms with E-state index in [1.54, 1.807) is 0 Å². The van der Waals surface area contributed by atoms with Gasteiger partial charge in [-0.1, -0.05) is 0 Å². The van der Waals surface area contributed by atoms with Crippen LogP contribution in [0, 0.1) is 0 Å². The number of anilines is 2. The molecular formula is C20H29N3O3. The van der Waals surface area contributed by atoms with Crippen molar-refractivity contribution in [2.45, 2.75) is 37.9 Å². The first-order valence-corrected chi connectivity index (χ1v) is 9.89. The maximum atomic E-state index is 12.5. The summed E-state index contributed by atoms with van der Waals surface area (Å²) < 4.78 is 11.4. The van der Waals surface area contributed by atoms with Crippen LogP contribution in [0.15, 0.2) is 24.3 Å². The topological polar surface area (TPSA) is 54.0 Å². The number of hydrogen-bond acceptors (Lipinski definition) is 5. The summed E-state index contributed by atoms with van der Waals surface area (Å²) in [6.45, 7) is 5.37. The van der Waals surface area contributed by atoms with Crippen molar-refractivity contribution < 1.29 is 14.3 Å². The minimum absolute atomic E-state index is 0.137. The number of amides is 1. The van der Waals surface area contributed by atoms with Crippen molar-refractivity contribution in [1.82, 2.24) is 4.90 Å². The van der Waals surface area contributed by atoms with Gasteiger partial charge in [0.25, 0.3) is 0 Å². The molecule has 26 heavy (non-hydrogen) atoms. The minimum Gasteiger partial charge on any atom is -0.376 e. The lowest BCUT2D eigenvalue weighted by Crippen LogP contribution is -2.48. The van der Waals surface area contributed by atoms with Gasteiger partial charge < -0.3 is 24.6 Å². The van der Waals surface area contributed by atoms with Gasteiger partial charge in [-0.2, -0.15) is 0 Å². The first-order chi connectivity index (χ1) is 12.7. The van der Waals surface area contributed by atoms with E-state index in [0.717, 1.165) is 31.6 Å². The van der Waals surface area contributed by atoms with Gasteiger partial charge in [0.15, 0.2) is 5.79 Å². The number of hydrogen-bond donors (Lipinski definition) is 1. The Hall–Kier alpha value is -1.79. The fourth-order valence-electron chi connectivity index (χ4n) is 4.11. The quantitative estimate of drug-likeness (QED) is 0.895. The maximum absolute atomic E-state index is 12.5. The van der Waals surface area contributed by atoms with Crippen LogP contribution in [0.25, 0.3) is 0 Å². The van der Waals surface area contributed by atoms with Gasteiger partial charge in [0.1, 0.15) is 0 Å². The summed E-state index contributed by atoms with van der Waals surface area (Å²) >= 11 is 0. The second kappa shape index (κ2) is 7.84. The molecule has 0 unspecified atom stereocenters. The summed E-state index contributed by atoms with van der Waals surface area (Å²) in [7, 11) is 0. The predicted molar refractivity (Wildman–Crippen MR) is 101 cm³/mol. The first-order valence-electron chi connectivity index (χ1n) is 9.89. The Bertz CT molecular complexity index is 597. The maximum Gasteiger partial charge on any atom is 0.241 e. The van der Waals surface area contributed by atoms with Gasteiger partial charge in [-0.25, -0.2) is 0 Å². The fourth-order valence-corrected chi connectivity index (χ4v) is 4.11. The zero-order valence-corrected chi connectivity index (χ0v) is 15.4. The molecule has 6 nitrogen and oxygen atoms in total. The van der Waals surface area contributed by atoms with E-state index in [4.69, 9.17) is 9.47 Å². The summed E-state index contributed by atoms with van der Waals surface area (Å²) in [5.41, 5.74) is 2.27. The summed E-state index contributed by atoms with van der Waals surface area (Å²) in [4.78, 5) is 16.8. The third kappa shape index (κ3) is 3.96. The molecule has 3 fully saturated rings. The number of nitrogens with zero attached hydrogens (tertiary/aromatic N) is 2. The smallest absolute Gasteiger partial charge is 0.241 e. The average molecular weight is 359 g/mol. The molecule has 0 bridgehead atoms. The average Bonchev–Trinajstić information content (AvgIpc) is 3.16. The van der Waals surface area contributed by atoms with Crippen LogP contribution >= 0.6 is 0 Å². The molecule has 3 aliphatic rings. The Labute approximate surface area is 155 Å². The minimum atomic E-state index is -0.422. The second-order valence-corrected chi connectivity index (χ2v) is 7.44. The fraction of sp³-hybridized carbons (Fsp3) is 0.650. The summed E-state index contributed by atoms with van der Waals surface area (Å²) in [6, 6.07) is 8.44. The van der Waals surface area contributed by atoms with Crippen LogP contribution in [0.3, 0.4) is 0 Å². The van der Waals surface area contributed by atoms with E-state index in [9.17, 15) is 4.79 Å². The Balaban J connectivity index is 1.24. The molecule has 0 atom stereocenters. The van der Waals surface area contributed by atoms with Crippen LogP contribution in [0.5, 0.6) is 0 Å². The molecule has 0 saturated carbocycles. The predicted octanol–water partition coefficient (Wildman–Crippen LogP) is 2.45. The molecule has 6 heteroatoms. The number of piperidine rings is 2. The van der Waals surface area contributed by atoms with E-state index in [1.165, 1.54) is 24.9 Å². The largest absolute Gasteiger partial charge is 0.376 e. The molecule has 1 aromatic carbocycles. The molecule has 0 aliphatic carbocycles. The highest BCUT2D eigenvalue weighted by Crippen LogP contribution is 2.31. The number of benzene rings is 1. The zero-order chi connectivity index (χ0) is 17.8. The van der Waals surface area contributed by atoms with Crippen molar-refractivity contribution in [2.24, 2.45) is 0 Å². The van der Waals surface area contributed by atoms with Gasteiger partial charge in [-0.15, -0.1) is 0 Å². The number of ether oxygens (including phenoxy) is 2. The molecular weight excluding hydrogens is 330 g/mol. The van der Waals surface area contributed by atoms with Crippen LogP contribution in [0.1, 0.15) is 32.1 Å². The molecule has 0 aromatic heterocycles. The summed E-state index contributed by atoms with van der Waals surface area (Å²) in [6.07, 6.45) is 5.43. The normalized spacial score (nSPS) is 22.6. The lowest BCUT2D eigenvalue weighted by molar-refractivity contribution is -0.187. The van der Waals surface area contributed by atoms with E-state index in [1.807, 2.05) is 4.90 Å². The van der Waals surface area contributed by atoms with E-state index in [0.29, 0.717) is 32.8 Å². The number of rotatable bonds is 4. The van der Waals surface area contributed by atoms with Crippen molar-refractivity contribution in [3.63, 3.8) is 0 Å². The lowest BCUT2D eigenvalue weighted by atomic mass is 10.0. The molecule has 1 aromatic rings. The van der Waals surface area contributed by atoms with Crippen molar-refractivity contribution >= 4 is 17.3 Å². The Kier molecular flexibility index (Phi) is 5.31. The highest BCUT2D eigenvalue weighted by molar-refractivity contribution is 5.81. The lowest BCUT2D eigenvalue weighted by Gasteiger charge is -2.37. The number of carbonyl (C=O) groups excluding carboxylic acids is 1. The molecule has 3 saturated heterocycles. The molecule has 3 heterocycles. The third-order valence-electron chi connectivity index (χ3n) is 5.72. The molecule has 1 N–H and O–H groups in total. The molecule has 0 radical (unpaired) electrons. The van der Waals surface area contributed by atoms with E-state index in [2.05, 4.69) is 34.5 Å². The van der Waals surface area contributed by atoms with Crippen molar-refractivity contribution in [3.8, 4) is 0 Å². The van der Waals surface area contributed by atoms with Gasteiger partial charge in [-0.3, -0.25) is 4.79 Å². The molecule has 4 rings (SSSR count). The molecule has 142 valence electrons. The third-order valence-corrected chi connectivity index (χ3v) is 5.72. The van der Waals surface area contributed by atoms with Gasteiger partial charge in [0, 0.05) is 50.4 Å². The van der Waals surface area contributed by atoms with Gasteiger partial charge in [-0.05, 0) is 43.5 Å². The number of likely N-dealkylation sites (tertiary alicyclic amines) is 1. The van der Waals surface area contributed by atoms with Crippen molar-refractivity contribution in [3.05, 3.63) is 24.3 Å². The van der Waals surface area contributed by atoms with E-state index < -0.39 is 5.79 Å². The standard InChI is InChI=1S/C20H29N3O3/c24-19(23-12-8-20(9-13-23)25-14-15-26-20)16-21-17-4-6-18(7-5-17)22-10-2-1-3-11-22/h4-7,21H,1-3,8-16H2. The zero-order valence-electron chi connectivity index (χ0n) is 15.4. The van der Waals surface area contributed by atoms with Crippen LogP contribution in [-0.2, 0) is 14.3 Å².